The average molecular weight is 302 g/mol. The third-order valence-corrected chi connectivity index (χ3v) is 2.85. The SMILES string of the molecule is CC=CC(=O)Oc1c([N+](=O)[O-])cc([N+](=O)[O-])c2ccccc12. The third kappa shape index (κ3) is 2.75. The van der Waals surface area contributed by atoms with E-state index in [4.69, 9.17) is 4.74 Å². The van der Waals surface area contributed by atoms with E-state index in [-0.39, 0.29) is 16.5 Å². The van der Waals surface area contributed by atoms with Gasteiger partial charge < -0.3 is 4.74 Å². The van der Waals surface area contributed by atoms with E-state index >= 15 is 0 Å². The second kappa shape index (κ2) is 6.00. The van der Waals surface area contributed by atoms with E-state index in [1.807, 2.05) is 0 Å². The van der Waals surface area contributed by atoms with Crippen LogP contribution in [0.4, 0.5) is 11.4 Å². The summed E-state index contributed by atoms with van der Waals surface area (Å²) in [5.41, 5.74) is -1.06. The highest BCUT2D eigenvalue weighted by Crippen LogP contribution is 2.41. The van der Waals surface area contributed by atoms with Gasteiger partial charge in [-0.15, -0.1) is 0 Å². The molecule has 0 unspecified atom stereocenters. The van der Waals surface area contributed by atoms with Gasteiger partial charge in [0.15, 0.2) is 0 Å². The van der Waals surface area contributed by atoms with E-state index in [9.17, 15) is 25.0 Å². The van der Waals surface area contributed by atoms with Crippen LogP contribution in [0.5, 0.6) is 5.75 Å². The fourth-order valence-electron chi connectivity index (χ4n) is 1.98. The second-order valence-corrected chi connectivity index (χ2v) is 4.22. The van der Waals surface area contributed by atoms with Crippen molar-refractivity contribution in [2.24, 2.45) is 0 Å². The number of fused-ring (bicyclic) bond motifs is 1. The fourth-order valence-corrected chi connectivity index (χ4v) is 1.98. The average Bonchev–Trinajstić information content (AvgIpc) is 2.47. The molecule has 0 radical (unpaired) electrons. The number of nitro groups is 2. The summed E-state index contributed by atoms with van der Waals surface area (Å²) < 4.78 is 5.01. The molecule has 0 amide bonds. The number of ether oxygens (including phenoxy) is 1. The molecule has 8 nitrogen and oxygen atoms in total. The fraction of sp³-hybridized carbons (Fsp3) is 0.0714. The Labute approximate surface area is 123 Å². The van der Waals surface area contributed by atoms with Crippen molar-refractivity contribution in [3.05, 3.63) is 62.7 Å². The number of nitro benzene ring substituents is 2. The van der Waals surface area contributed by atoms with Crippen LogP contribution in [0, 0.1) is 20.2 Å². The van der Waals surface area contributed by atoms with Crippen LogP contribution < -0.4 is 4.74 Å². The highest BCUT2D eigenvalue weighted by atomic mass is 16.6. The molecule has 0 aliphatic heterocycles. The van der Waals surface area contributed by atoms with E-state index < -0.39 is 27.2 Å². The van der Waals surface area contributed by atoms with E-state index in [1.54, 1.807) is 19.1 Å². The summed E-state index contributed by atoms with van der Waals surface area (Å²) in [6.45, 7) is 1.59. The van der Waals surface area contributed by atoms with Gasteiger partial charge in [-0.2, -0.15) is 0 Å². The molecule has 2 aromatic rings. The minimum absolute atomic E-state index is 0.126. The molecule has 0 saturated carbocycles. The number of rotatable bonds is 4. The maximum Gasteiger partial charge on any atom is 0.336 e. The van der Waals surface area contributed by atoms with Crippen LogP contribution >= 0.6 is 0 Å². The molecule has 0 atom stereocenters. The molecule has 112 valence electrons. The zero-order chi connectivity index (χ0) is 16.3. The lowest BCUT2D eigenvalue weighted by Gasteiger charge is -2.07. The molecule has 0 bridgehead atoms. The van der Waals surface area contributed by atoms with Crippen molar-refractivity contribution in [3.8, 4) is 5.75 Å². The van der Waals surface area contributed by atoms with Gasteiger partial charge in [-0.25, -0.2) is 4.79 Å². The zero-order valence-corrected chi connectivity index (χ0v) is 11.4. The summed E-state index contributed by atoms with van der Waals surface area (Å²) in [6.07, 6.45) is 2.52. The number of allylic oxidation sites excluding steroid dienone is 1. The number of carbonyl (C=O) groups is 1. The predicted octanol–water partition coefficient (Wildman–Crippen LogP) is 3.14. The number of non-ortho nitro benzene ring substituents is 1. The summed E-state index contributed by atoms with van der Waals surface area (Å²) in [4.78, 5) is 32.3. The highest BCUT2D eigenvalue weighted by Gasteiger charge is 2.27. The molecule has 0 aliphatic carbocycles. The Morgan fingerprint density at radius 2 is 1.68 bits per heavy atom. The van der Waals surface area contributed by atoms with E-state index in [0.29, 0.717) is 0 Å². The Morgan fingerprint density at radius 3 is 2.23 bits per heavy atom. The summed E-state index contributed by atoms with van der Waals surface area (Å²) in [5, 5.41) is 22.5. The van der Waals surface area contributed by atoms with E-state index in [1.165, 1.54) is 18.2 Å². The van der Waals surface area contributed by atoms with Gasteiger partial charge >= 0.3 is 11.7 Å². The Balaban J connectivity index is 2.80. The van der Waals surface area contributed by atoms with Gasteiger partial charge in [0.2, 0.25) is 5.75 Å². The lowest BCUT2D eigenvalue weighted by molar-refractivity contribution is -0.393. The molecule has 0 aliphatic rings. The topological polar surface area (TPSA) is 113 Å². The number of benzene rings is 2. The Morgan fingerprint density at radius 1 is 1.09 bits per heavy atom. The smallest absolute Gasteiger partial charge is 0.336 e. The van der Waals surface area contributed by atoms with E-state index in [0.717, 1.165) is 12.1 Å². The van der Waals surface area contributed by atoms with Crippen LogP contribution in [0.15, 0.2) is 42.5 Å². The van der Waals surface area contributed by atoms with Crippen LogP contribution in [0.2, 0.25) is 0 Å². The van der Waals surface area contributed by atoms with Crippen LogP contribution in [0.1, 0.15) is 6.92 Å². The van der Waals surface area contributed by atoms with Crippen molar-refractivity contribution in [2.45, 2.75) is 6.92 Å². The standard InChI is InChI=1S/C14H10N2O6/c1-2-5-13(17)22-14-10-7-4-3-6-9(10)11(15(18)19)8-12(14)16(20)21/h2-8H,1H3. The van der Waals surface area contributed by atoms with Crippen molar-refractivity contribution in [2.75, 3.05) is 0 Å². The summed E-state index contributed by atoms with van der Waals surface area (Å²) in [5.74, 6) is -1.11. The van der Waals surface area contributed by atoms with Gasteiger partial charge in [-0.1, -0.05) is 24.3 Å². The molecule has 0 fully saturated rings. The molecular weight excluding hydrogens is 292 g/mol. The molecule has 22 heavy (non-hydrogen) atoms. The first-order valence-electron chi connectivity index (χ1n) is 6.14. The minimum Gasteiger partial charge on any atom is -0.415 e. The maximum atomic E-state index is 11.6. The number of hydrogen-bond donors (Lipinski definition) is 0. The summed E-state index contributed by atoms with van der Waals surface area (Å²) in [7, 11) is 0. The summed E-state index contributed by atoms with van der Waals surface area (Å²) in [6, 6.07) is 6.75. The largest absolute Gasteiger partial charge is 0.415 e. The van der Waals surface area contributed by atoms with Crippen LogP contribution in [0.25, 0.3) is 10.8 Å². The number of hydrogen-bond acceptors (Lipinski definition) is 6. The minimum atomic E-state index is -0.822. The lowest BCUT2D eigenvalue weighted by Crippen LogP contribution is -2.07. The number of carbonyl (C=O) groups excluding carboxylic acids is 1. The first-order chi connectivity index (χ1) is 10.5. The molecule has 8 heteroatoms. The van der Waals surface area contributed by atoms with E-state index in [2.05, 4.69) is 0 Å². The molecular formula is C14H10N2O6. The third-order valence-electron chi connectivity index (χ3n) is 2.85. The van der Waals surface area contributed by atoms with Gasteiger partial charge in [0, 0.05) is 11.5 Å². The van der Waals surface area contributed by atoms with Crippen molar-refractivity contribution in [1.82, 2.24) is 0 Å². The van der Waals surface area contributed by atoms with Gasteiger partial charge in [0.1, 0.15) is 0 Å². The lowest BCUT2D eigenvalue weighted by atomic mass is 10.1. The second-order valence-electron chi connectivity index (χ2n) is 4.22. The zero-order valence-electron chi connectivity index (χ0n) is 11.4. The van der Waals surface area contributed by atoms with Gasteiger partial charge in [0.05, 0.1) is 21.3 Å². The first-order valence-corrected chi connectivity index (χ1v) is 6.14. The van der Waals surface area contributed by atoms with Crippen molar-refractivity contribution in [1.29, 1.82) is 0 Å². The highest BCUT2D eigenvalue weighted by molar-refractivity contribution is 6.00. The van der Waals surface area contributed by atoms with Gasteiger partial charge in [0.25, 0.3) is 5.69 Å². The normalized spacial score (nSPS) is 10.8. The Bertz CT molecular complexity index is 812. The number of esters is 1. The maximum absolute atomic E-state index is 11.6. The monoisotopic (exact) mass is 302 g/mol. The number of nitrogens with zero attached hydrogens (tertiary/aromatic N) is 2. The molecule has 0 heterocycles. The first kappa shape index (κ1) is 15.1. The molecule has 0 saturated heterocycles. The predicted molar refractivity (Wildman–Crippen MR) is 77.7 cm³/mol. The quantitative estimate of drug-likeness (QED) is 0.282. The molecule has 0 aromatic heterocycles. The van der Waals surface area contributed by atoms with Crippen molar-refractivity contribution in [3.63, 3.8) is 0 Å². The van der Waals surface area contributed by atoms with Crippen LogP contribution in [0.3, 0.4) is 0 Å². The molecule has 0 N–H and O–H groups in total. The molecule has 0 spiro atoms. The molecule has 2 aromatic carbocycles. The van der Waals surface area contributed by atoms with Crippen molar-refractivity contribution >= 4 is 28.1 Å². The Kier molecular flexibility index (Phi) is 4.12. The van der Waals surface area contributed by atoms with Gasteiger partial charge in [-0.3, -0.25) is 20.2 Å². The van der Waals surface area contributed by atoms with Crippen LogP contribution in [-0.4, -0.2) is 15.8 Å². The summed E-state index contributed by atoms with van der Waals surface area (Å²) >= 11 is 0. The van der Waals surface area contributed by atoms with Crippen molar-refractivity contribution < 1.29 is 19.4 Å². The van der Waals surface area contributed by atoms with Crippen LogP contribution in [-0.2, 0) is 4.79 Å². The van der Waals surface area contributed by atoms with Gasteiger partial charge in [-0.05, 0) is 13.0 Å². The Hall–Kier alpha value is -3.29. The molecule has 2 rings (SSSR count).